The third kappa shape index (κ3) is 3.17. The summed E-state index contributed by atoms with van der Waals surface area (Å²) in [5, 5.41) is 23.4. The Balaban J connectivity index is 1.46. The minimum atomic E-state index is -0.457. The predicted molar refractivity (Wildman–Crippen MR) is 141 cm³/mol. The van der Waals surface area contributed by atoms with Crippen LogP contribution < -0.4 is 16.8 Å². The van der Waals surface area contributed by atoms with Crippen LogP contribution in [0.2, 0.25) is 0 Å². The van der Waals surface area contributed by atoms with Gasteiger partial charge in [-0.15, -0.1) is 22.7 Å². The Bertz CT molecular complexity index is 1780. The van der Waals surface area contributed by atoms with E-state index >= 15 is 0 Å². The third-order valence-electron chi connectivity index (χ3n) is 6.24. The number of nitrogens with zero attached hydrogens (tertiary/aromatic N) is 3. The zero-order valence-corrected chi connectivity index (χ0v) is 20.2. The van der Waals surface area contributed by atoms with Gasteiger partial charge in [-0.1, -0.05) is 24.3 Å². The molecular weight excluding hydrogens is 492 g/mol. The Morgan fingerprint density at radius 1 is 1.06 bits per heavy atom. The number of carbonyl (C=O) groups excluding carboxylic acids is 1. The van der Waals surface area contributed by atoms with Crippen molar-refractivity contribution < 1.29 is 9.21 Å². The van der Waals surface area contributed by atoms with Gasteiger partial charge in [0.05, 0.1) is 23.1 Å². The van der Waals surface area contributed by atoms with Crippen LogP contribution >= 0.6 is 22.7 Å². The second-order valence-corrected chi connectivity index (χ2v) is 10.2. The van der Waals surface area contributed by atoms with E-state index in [2.05, 4.69) is 28.5 Å². The SMILES string of the molecule is N#Cc1c(NC(=O)c2sc3nc(N)c(C#N)c(-c4ccco4)c3c2N)sc2c1CCc1ccccc1-2. The third-order valence-corrected chi connectivity index (χ3v) is 8.52. The van der Waals surface area contributed by atoms with Crippen molar-refractivity contribution >= 4 is 55.3 Å². The molecule has 0 fully saturated rings. The molecule has 174 valence electrons. The first-order valence-electron chi connectivity index (χ1n) is 10.9. The maximum atomic E-state index is 13.4. The summed E-state index contributed by atoms with van der Waals surface area (Å²) in [5.41, 5.74) is 17.0. The second-order valence-electron chi connectivity index (χ2n) is 8.20. The lowest BCUT2D eigenvalue weighted by Gasteiger charge is -2.15. The number of fused-ring (bicyclic) bond motifs is 4. The van der Waals surface area contributed by atoms with E-state index < -0.39 is 5.91 Å². The van der Waals surface area contributed by atoms with Crippen LogP contribution in [0, 0.1) is 22.7 Å². The number of aromatic nitrogens is 1. The van der Waals surface area contributed by atoms with E-state index in [-0.39, 0.29) is 21.9 Å². The number of nitrogens with two attached hydrogens (primary N) is 2. The molecule has 1 aliphatic rings. The number of nitrogens with one attached hydrogen (secondary N) is 1. The molecule has 0 atom stereocenters. The lowest BCUT2D eigenvalue weighted by Crippen LogP contribution is -2.12. The number of anilines is 3. The zero-order valence-electron chi connectivity index (χ0n) is 18.6. The van der Waals surface area contributed by atoms with Gasteiger partial charge in [-0.05, 0) is 41.7 Å². The largest absolute Gasteiger partial charge is 0.464 e. The minimum Gasteiger partial charge on any atom is -0.464 e. The van der Waals surface area contributed by atoms with Gasteiger partial charge in [0.25, 0.3) is 5.91 Å². The molecule has 1 amide bonds. The minimum absolute atomic E-state index is 0.0287. The Morgan fingerprint density at radius 2 is 1.86 bits per heavy atom. The van der Waals surface area contributed by atoms with Crippen LogP contribution in [0.4, 0.5) is 16.5 Å². The van der Waals surface area contributed by atoms with E-state index in [1.165, 1.54) is 23.2 Å². The van der Waals surface area contributed by atoms with Crippen LogP contribution in [0.25, 0.3) is 32.0 Å². The van der Waals surface area contributed by atoms with Gasteiger partial charge in [0.1, 0.15) is 44.0 Å². The van der Waals surface area contributed by atoms with Crippen molar-refractivity contribution in [2.75, 3.05) is 16.8 Å². The molecule has 4 heterocycles. The molecule has 5 aromatic rings. The summed E-state index contributed by atoms with van der Waals surface area (Å²) in [6, 6.07) is 15.8. The van der Waals surface area contributed by atoms with E-state index in [0.717, 1.165) is 40.2 Å². The number of benzene rings is 1. The number of hydrogen-bond donors (Lipinski definition) is 3. The summed E-state index contributed by atoms with van der Waals surface area (Å²) >= 11 is 2.47. The van der Waals surface area contributed by atoms with Crippen molar-refractivity contribution in [3.05, 3.63) is 69.8 Å². The molecule has 1 aromatic carbocycles. The number of rotatable bonds is 3. The first-order chi connectivity index (χ1) is 17.5. The molecule has 6 rings (SSSR count). The number of pyridine rings is 1. The van der Waals surface area contributed by atoms with Crippen molar-refractivity contribution in [3.8, 4) is 33.9 Å². The van der Waals surface area contributed by atoms with Gasteiger partial charge in [-0.3, -0.25) is 4.79 Å². The van der Waals surface area contributed by atoms with Crippen LogP contribution in [0.15, 0.2) is 47.1 Å². The lowest BCUT2D eigenvalue weighted by atomic mass is 9.90. The van der Waals surface area contributed by atoms with Gasteiger partial charge in [-0.2, -0.15) is 10.5 Å². The number of hydrogen-bond acceptors (Lipinski definition) is 9. The highest BCUT2D eigenvalue weighted by Crippen LogP contribution is 2.46. The highest BCUT2D eigenvalue weighted by Gasteiger charge is 2.28. The molecule has 8 nitrogen and oxygen atoms in total. The average molecular weight is 509 g/mol. The van der Waals surface area contributed by atoms with Crippen LogP contribution in [0.1, 0.15) is 31.9 Å². The smallest absolute Gasteiger partial charge is 0.268 e. The summed E-state index contributed by atoms with van der Waals surface area (Å²) in [5.74, 6) is -0.0270. The van der Waals surface area contributed by atoms with Crippen molar-refractivity contribution in [3.63, 3.8) is 0 Å². The number of aryl methyl sites for hydroxylation is 1. The van der Waals surface area contributed by atoms with E-state index in [1.807, 2.05) is 18.2 Å². The summed E-state index contributed by atoms with van der Waals surface area (Å²) in [6.07, 6.45) is 3.06. The molecule has 0 radical (unpaired) electrons. The van der Waals surface area contributed by atoms with Gasteiger partial charge in [0.2, 0.25) is 0 Å². The topological polar surface area (TPSA) is 155 Å². The van der Waals surface area contributed by atoms with Crippen molar-refractivity contribution in [2.45, 2.75) is 12.8 Å². The zero-order chi connectivity index (χ0) is 25.0. The van der Waals surface area contributed by atoms with Crippen molar-refractivity contribution in [1.82, 2.24) is 4.98 Å². The summed E-state index contributed by atoms with van der Waals surface area (Å²) in [6.45, 7) is 0. The number of thiophene rings is 2. The maximum Gasteiger partial charge on any atom is 0.268 e. The predicted octanol–water partition coefficient (Wildman–Crippen LogP) is 5.54. The highest BCUT2D eigenvalue weighted by molar-refractivity contribution is 7.22. The maximum absolute atomic E-state index is 13.4. The molecule has 0 bridgehead atoms. The molecule has 0 unspecified atom stereocenters. The van der Waals surface area contributed by atoms with E-state index in [4.69, 9.17) is 15.9 Å². The van der Waals surface area contributed by atoms with E-state index in [9.17, 15) is 15.3 Å². The molecule has 0 saturated carbocycles. The van der Waals surface area contributed by atoms with Crippen LogP contribution in [0.5, 0.6) is 0 Å². The van der Waals surface area contributed by atoms with Gasteiger partial charge < -0.3 is 21.2 Å². The monoisotopic (exact) mass is 508 g/mol. The van der Waals surface area contributed by atoms with Crippen LogP contribution in [-0.4, -0.2) is 10.9 Å². The van der Waals surface area contributed by atoms with Crippen molar-refractivity contribution in [2.24, 2.45) is 0 Å². The fraction of sp³-hybridized carbons (Fsp3) is 0.0769. The fourth-order valence-electron chi connectivity index (χ4n) is 4.63. The van der Waals surface area contributed by atoms with Gasteiger partial charge in [0, 0.05) is 10.3 Å². The summed E-state index contributed by atoms with van der Waals surface area (Å²) in [4.78, 5) is 19.4. The second kappa shape index (κ2) is 8.24. The quantitative estimate of drug-likeness (QED) is 0.289. The molecule has 10 heteroatoms. The first-order valence-corrected chi connectivity index (χ1v) is 12.6. The summed E-state index contributed by atoms with van der Waals surface area (Å²) in [7, 11) is 0. The number of nitrogen functional groups attached to an aromatic ring is 2. The lowest BCUT2D eigenvalue weighted by molar-refractivity contribution is 0.103. The average Bonchev–Trinajstić information content (AvgIpc) is 3.61. The van der Waals surface area contributed by atoms with E-state index in [0.29, 0.717) is 32.1 Å². The number of nitriles is 2. The normalized spacial score (nSPS) is 11.9. The molecule has 0 spiro atoms. The molecular formula is C26H16N6O2S2. The van der Waals surface area contributed by atoms with Crippen LogP contribution in [-0.2, 0) is 12.8 Å². The molecule has 1 aliphatic carbocycles. The number of amides is 1. The standard InChI is InChI=1S/C26H16N6O2S2/c27-10-15-14-8-7-12-4-1-2-5-13(12)21(14)35-25(15)32-24(33)22-20(29)19-18(17-6-3-9-34-17)16(11-28)23(30)31-26(19)36-22/h1-6,9H,7-8,29H2,(H2,30,31)(H,32,33). The highest BCUT2D eigenvalue weighted by atomic mass is 32.1. The van der Waals surface area contributed by atoms with Gasteiger partial charge in [0.15, 0.2) is 0 Å². The van der Waals surface area contributed by atoms with Gasteiger partial charge in [-0.25, -0.2) is 4.98 Å². The van der Waals surface area contributed by atoms with Crippen molar-refractivity contribution in [1.29, 1.82) is 10.5 Å². The van der Waals surface area contributed by atoms with E-state index in [1.54, 1.807) is 12.1 Å². The molecule has 0 aliphatic heterocycles. The Labute approximate surface area is 213 Å². The summed E-state index contributed by atoms with van der Waals surface area (Å²) < 4.78 is 5.53. The molecule has 4 aromatic heterocycles. The Hall–Kier alpha value is -4.64. The Morgan fingerprint density at radius 3 is 2.61 bits per heavy atom. The first kappa shape index (κ1) is 21.9. The number of furan rings is 1. The number of carbonyl (C=O) groups is 1. The van der Waals surface area contributed by atoms with Crippen LogP contribution in [0.3, 0.4) is 0 Å². The fourth-order valence-corrected chi connectivity index (χ4v) is 6.89. The van der Waals surface area contributed by atoms with Gasteiger partial charge >= 0.3 is 0 Å². The molecule has 5 N–H and O–H groups in total. The Kier molecular flexibility index (Phi) is 5.00. The molecule has 36 heavy (non-hydrogen) atoms. The molecule has 0 saturated heterocycles.